The Hall–Kier alpha value is -1.84. The average molecular weight is 206 g/mol. The van der Waals surface area contributed by atoms with Crippen molar-refractivity contribution in [3.8, 4) is 0 Å². The molecule has 0 atom stereocenters. The van der Waals surface area contributed by atoms with E-state index in [2.05, 4.69) is 5.32 Å². The fraction of sp³-hybridized carbons (Fsp3) is 0.273. The molecule has 0 spiro atoms. The van der Waals surface area contributed by atoms with Crippen LogP contribution in [-0.2, 0) is 16.0 Å². The quantitative estimate of drug-likeness (QED) is 0.773. The molecule has 1 aromatic carbocycles. The van der Waals surface area contributed by atoms with Gasteiger partial charge in [-0.3, -0.25) is 9.59 Å². The van der Waals surface area contributed by atoms with Crippen molar-refractivity contribution in [2.45, 2.75) is 19.8 Å². The van der Waals surface area contributed by atoms with Crippen molar-refractivity contribution < 1.29 is 9.59 Å². The van der Waals surface area contributed by atoms with Crippen LogP contribution in [0, 0.1) is 0 Å². The molecule has 0 bridgehead atoms. The Kier molecular flexibility index (Phi) is 3.85. The molecule has 0 aromatic heterocycles. The minimum atomic E-state index is -0.361. The number of hydrogen-bond acceptors (Lipinski definition) is 2. The molecular weight excluding hydrogens is 192 g/mol. The third kappa shape index (κ3) is 3.81. The van der Waals surface area contributed by atoms with Crippen LogP contribution in [0.25, 0.3) is 0 Å². The van der Waals surface area contributed by atoms with E-state index >= 15 is 0 Å². The summed E-state index contributed by atoms with van der Waals surface area (Å²) in [6.07, 6.45) is 0.672. The molecule has 0 saturated heterocycles. The van der Waals surface area contributed by atoms with Gasteiger partial charge in [0.25, 0.3) is 0 Å². The monoisotopic (exact) mass is 206 g/mol. The molecule has 4 nitrogen and oxygen atoms in total. The van der Waals surface area contributed by atoms with Crippen LogP contribution in [-0.4, -0.2) is 11.8 Å². The zero-order chi connectivity index (χ0) is 11.3. The molecule has 0 saturated carbocycles. The summed E-state index contributed by atoms with van der Waals surface area (Å²) in [5, 5.41) is 2.72. The maximum Gasteiger partial charge on any atom is 0.224 e. The molecule has 0 unspecified atom stereocenters. The fourth-order valence-corrected chi connectivity index (χ4v) is 1.16. The smallest absolute Gasteiger partial charge is 0.224 e. The van der Waals surface area contributed by atoms with Crippen molar-refractivity contribution in [1.29, 1.82) is 0 Å². The molecule has 1 rings (SSSR count). The fourth-order valence-electron chi connectivity index (χ4n) is 1.16. The minimum Gasteiger partial charge on any atom is -0.369 e. The highest BCUT2D eigenvalue weighted by atomic mass is 16.1. The van der Waals surface area contributed by atoms with Crippen molar-refractivity contribution >= 4 is 17.5 Å². The Morgan fingerprint density at radius 1 is 1.27 bits per heavy atom. The third-order valence-electron chi connectivity index (χ3n) is 1.94. The molecule has 0 aliphatic carbocycles. The van der Waals surface area contributed by atoms with Crippen LogP contribution in [0.1, 0.15) is 18.9 Å². The zero-order valence-electron chi connectivity index (χ0n) is 8.62. The summed E-state index contributed by atoms with van der Waals surface area (Å²) in [7, 11) is 0. The third-order valence-corrected chi connectivity index (χ3v) is 1.94. The van der Waals surface area contributed by atoms with E-state index in [1.54, 1.807) is 31.2 Å². The van der Waals surface area contributed by atoms with Crippen LogP contribution in [0.5, 0.6) is 0 Å². The van der Waals surface area contributed by atoms with Gasteiger partial charge in [0.15, 0.2) is 0 Å². The number of primary amides is 1. The maximum absolute atomic E-state index is 11.1. The summed E-state index contributed by atoms with van der Waals surface area (Å²) >= 11 is 0. The highest BCUT2D eigenvalue weighted by molar-refractivity contribution is 5.90. The second kappa shape index (κ2) is 5.14. The standard InChI is InChI=1S/C11H14N2O2/c1-2-11(15)13-9-5-3-8(4-6-9)7-10(12)14/h3-6H,2,7H2,1H3,(H2,12,14)(H,13,15). The maximum atomic E-state index is 11.1. The molecular formula is C11H14N2O2. The van der Waals surface area contributed by atoms with E-state index in [9.17, 15) is 9.59 Å². The Bertz CT molecular complexity index is 357. The highest BCUT2D eigenvalue weighted by Gasteiger charge is 2.00. The highest BCUT2D eigenvalue weighted by Crippen LogP contribution is 2.10. The molecule has 1 aromatic rings. The molecule has 0 fully saturated rings. The first-order chi connectivity index (χ1) is 7.11. The van der Waals surface area contributed by atoms with Crippen LogP contribution in [0.3, 0.4) is 0 Å². The van der Waals surface area contributed by atoms with E-state index in [-0.39, 0.29) is 18.2 Å². The lowest BCUT2D eigenvalue weighted by Crippen LogP contribution is -2.13. The Morgan fingerprint density at radius 3 is 2.33 bits per heavy atom. The molecule has 2 amide bonds. The Morgan fingerprint density at radius 2 is 1.87 bits per heavy atom. The zero-order valence-corrected chi connectivity index (χ0v) is 8.62. The normalized spacial score (nSPS) is 9.67. The first kappa shape index (κ1) is 11.2. The van der Waals surface area contributed by atoms with Crippen LogP contribution < -0.4 is 11.1 Å². The van der Waals surface area contributed by atoms with Gasteiger partial charge in [-0.25, -0.2) is 0 Å². The predicted octanol–water partition coefficient (Wildman–Crippen LogP) is 1.06. The van der Waals surface area contributed by atoms with Crippen molar-refractivity contribution in [2.24, 2.45) is 5.73 Å². The number of anilines is 1. The number of nitrogens with one attached hydrogen (secondary N) is 1. The largest absolute Gasteiger partial charge is 0.369 e. The predicted molar refractivity (Wildman–Crippen MR) is 58.3 cm³/mol. The van der Waals surface area contributed by atoms with Gasteiger partial charge in [0.1, 0.15) is 0 Å². The number of rotatable bonds is 4. The van der Waals surface area contributed by atoms with Crippen LogP contribution in [0.15, 0.2) is 24.3 Å². The van der Waals surface area contributed by atoms with Gasteiger partial charge in [-0.2, -0.15) is 0 Å². The van der Waals surface area contributed by atoms with Gasteiger partial charge in [-0.1, -0.05) is 19.1 Å². The van der Waals surface area contributed by atoms with Gasteiger partial charge in [0.05, 0.1) is 6.42 Å². The number of hydrogen-bond donors (Lipinski definition) is 2. The number of benzene rings is 1. The van der Waals surface area contributed by atoms with Crippen LogP contribution in [0.2, 0.25) is 0 Å². The van der Waals surface area contributed by atoms with Gasteiger partial charge in [-0.15, -0.1) is 0 Å². The molecule has 3 N–H and O–H groups in total. The van der Waals surface area contributed by atoms with Gasteiger partial charge in [0.2, 0.25) is 11.8 Å². The summed E-state index contributed by atoms with van der Waals surface area (Å²) in [5.74, 6) is -0.391. The molecule has 4 heteroatoms. The lowest BCUT2D eigenvalue weighted by Gasteiger charge is -2.04. The molecule has 0 aliphatic heterocycles. The second-order valence-corrected chi connectivity index (χ2v) is 3.24. The van der Waals surface area contributed by atoms with E-state index in [1.807, 2.05) is 0 Å². The van der Waals surface area contributed by atoms with E-state index in [4.69, 9.17) is 5.73 Å². The van der Waals surface area contributed by atoms with Crippen molar-refractivity contribution in [2.75, 3.05) is 5.32 Å². The van der Waals surface area contributed by atoms with E-state index in [0.29, 0.717) is 6.42 Å². The number of amides is 2. The summed E-state index contributed by atoms with van der Waals surface area (Å²) in [6, 6.07) is 7.06. The SMILES string of the molecule is CCC(=O)Nc1ccc(CC(N)=O)cc1. The second-order valence-electron chi connectivity index (χ2n) is 3.24. The van der Waals surface area contributed by atoms with Crippen LogP contribution in [0.4, 0.5) is 5.69 Å². The van der Waals surface area contributed by atoms with Crippen LogP contribution >= 0.6 is 0 Å². The minimum absolute atomic E-state index is 0.0300. The lowest BCUT2D eigenvalue weighted by molar-refractivity contribution is -0.117. The van der Waals surface area contributed by atoms with Gasteiger partial charge >= 0.3 is 0 Å². The van der Waals surface area contributed by atoms with E-state index < -0.39 is 0 Å². The first-order valence-corrected chi connectivity index (χ1v) is 4.79. The Labute approximate surface area is 88.5 Å². The first-order valence-electron chi connectivity index (χ1n) is 4.79. The lowest BCUT2D eigenvalue weighted by atomic mass is 10.1. The molecule has 80 valence electrons. The van der Waals surface area contributed by atoms with Gasteiger partial charge in [0, 0.05) is 12.1 Å². The summed E-state index contributed by atoms with van der Waals surface area (Å²) in [6.45, 7) is 1.79. The van der Waals surface area contributed by atoms with E-state index in [0.717, 1.165) is 11.3 Å². The Balaban J connectivity index is 2.64. The van der Waals surface area contributed by atoms with Gasteiger partial charge in [-0.05, 0) is 17.7 Å². The van der Waals surface area contributed by atoms with Crippen molar-refractivity contribution in [1.82, 2.24) is 0 Å². The van der Waals surface area contributed by atoms with Gasteiger partial charge < -0.3 is 11.1 Å². The summed E-state index contributed by atoms with van der Waals surface area (Å²) < 4.78 is 0. The molecule has 0 heterocycles. The van der Waals surface area contributed by atoms with Crippen molar-refractivity contribution in [3.05, 3.63) is 29.8 Å². The average Bonchev–Trinajstić information content (AvgIpc) is 2.20. The molecule has 0 aliphatic rings. The molecule has 0 radical (unpaired) electrons. The number of carbonyl (C=O) groups is 2. The van der Waals surface area contributed by atoms with E-state index in [1.165, 1.54) is 0 Å². The summed E-state index contributed by atoms with van der Waals surface area (Å²) in [5.41, 5.74) is 6.63. The van der Waals surface area contributed by atoms with Crippen molar-refractivity contribution in [3.63, 3.8) is 0 Å². The number of nitrogens with two attached hydrogens (primary N) is 1. The summed E-state index contributed by atoms with van der Waals surface area (Å²) in [4.78, 5) is 21.7. The number of carbonyl (C=O) groups excluding carboxylic acids is 2. The molecule has 15 heavy (non-hydrogen) atoms. The topological polar surface area (TPSA) is 72.2 Å².